The Morgan fingerprint density at radius 1 is 1.00 bits per heavy atom. The van der Waals surface area contributed by atoms with Gasteiger partial charge in [0.2, 0.25) is 0 Å². The molecule has 0 unspecified atom stereocenters. The SMILES string of the molecule is COc1ccc(Cc2noc(-c3ccccc3)n2)cc1. The number of rotatable bonds is 4. The van der Waals surface area contributed by atoms with E-state index in [1.807, 2.05) is 54.6 Å². The highest BCUT2D eigenvalue weighted by atomic mass is 16.5. The molecule has 4 heteroatoms. The molecule has 0 saturated heterocycles. The second-order valence-electron chi connectivity index (χ2n) is 4.41. The summed E-state index contributed by atoms with van der Waals surface area (Å²) >= 11 is 0. The van der Waals surface area contributed by atoms with Crippen LogP contribution in [0.2, 0.25) is 0 Å². The summed E-state index contributed by atoms with van der Waals surface area (Å²) in [7, 11) is 1.65. The van der Waals surface area contributed by atoms with Gasteiger partial charge in [0, 0.05) is 12.0 Å². The number of nitrogens with zero attached hydrogens (tertiary/aromatic N) is 2. The van der Waals surface area contributed by atoms with Gasteiger partial charge >= 0.3 is 0 Å². The fourth-order valence-corrected chi connectivity index (χ4v) is 1.95. The molecule has 2 aromatic carbocycles. The lowest BCUT2D eigenvalue weighted by Crippen LogP contribution is -1.91. The minimum Gasteiger partial charge on any atom is -0.497 e. The van der Waals surface area contributed by atoms with Gasteiger partial charge in [0.15, 0.2) is 5.82 Å². The summed E-state index contributed by atoms with van der Waals surface area (Å²) in [5.41, 5.74) is 2.05. The Bertz CT molecular complexity index is 675. The zero-order valence-electron chi connectivity index (χ0n) is 11.1. The molecule has 3 aromatic rings. The van der Waals surface area contributed by atoms with Gasteiger partial charge in [-0.05, 0) is 29.8 Å². The highest BCUT2D eigenvalue weighted by molar-refractivity contribution is 5.52. The third kappa shape index (κ3) is 2.69. The van der Waals surface area contributed by atoms with Crippen LogP contribution in [0, 0.1) is 0 Å². The van der Waals surface area contributed by atoms with Crippen LogP contribution < -0.4 is 4.74 Å². The molecule has 0 saturated carbocycles. The van der Waals surface area contributed by atoms with E-state index in [-0.39, 0.29) is 0 Å². The Labute approximate surface area is 117 Å². The third-order valence-electron chi connectivity index (χ3n) is 3.01. The van der Waals surface area contributed by atoms with Gasteiger partial charge in [0.05, 0.1) is 7.11 Å². The molecule has 0 N–H and O–H groups in total. The van der Waals surface area contributed by atoms with E-state index in [2.05, 4.69) is 10.1 Å². The van der Waals surface area contributed by atoms with Gasteiger partial charge in [-0.25, -0.2) is 0 Å². The first-order valence-corrected chi connectivity index (χ1v) is 6.36. The normalized spacial score (nSPS) is 10.4. The molecular formula is C16H14N2O2. The van der Waals surface area contributed by atoms with Gasteiger partial charge in [-0.3, -0.25) is 0 Å². The molecule has 4 nitrogen and oxygen atoms in total. The molecule has 3 rings (SSSR count). The Morgan fingerprint density at radius 3 is 2.45 bits per heavy atom. The molecule has 0 aliphatic rings. The van der Waals surface area contributed by atoms with Gasteiger partial charge in [-0.1, -0.05) is 35.5 Å². The van der Waals surface area contributed by atoms with E-state index in [4.69, 9.17) is 9.26 Å². The average Bonchev–Trinajstić information content (AvgIpc) is 2.97. The van der Waals surface area contributed by atoms with Crippen molar-refractivity contribution in [1.82, 2.24) is 10.1 Å². The molecule has 1 aromatic heterocycles. The first-order valence-electron chi connectivity index (χ1n) is 6.36. The van der Waals surface area contributed by atoms with Crippen molar-refractivity contribution in [1.29, 1.82) is 0 Å². The van der Waals surface area contributed by atoms with Crippen molar-refractivity contribution >= 4 is 0 Å². The number of aromatic nitrogens is 2. The number of hydrogen-bond donors (Lipinski definition) is 0. The largest absolute Gasteiger partial charge is 0.497 e. The van der Waals surface area contributed by atoms with Crippen molar-refractivity contribution in [3.8, 4) is 17.2 Å². The monoisotopic (exact) mass is 266 g/mol. The number of ether oxygens (including phenoxy) is 1. The van der Waals surface area contributed by atoms with Crippen molar-refractivity contribution in [2.45, 2.75) is 6.42 Å². The third-order valence-corrected chi connectivity index (χ3v) is 3.01. The molecule has 0 bridgehead atoms. The second-order valence-corrected chi connectivity index (χ2v) is 4.41. The van der Waals surface area contributed by atoms with E-state index in [9.17, 15) is 0 Å². The van der Waals surface area contributed by atoms with Crippen LogP contribution in [-0.2, 0) is 6.42 Å². The van der Waals surface area contributed by atoms with Gasteiger partial charge in [-0.15, -0.1) is 0 Å². The van der Waals surface area contributed by atoms with Crippen LogP contribution >= 0.6 is 0 Å². The summed E-state index contributed by atoms with van der Waals surface area (Å²) in [5.74, 6) is 2.06. The van der Waals surface area contributed by atoms with Crippen LogP contribution in [0.4, 0.5) is 0 Å². The standard InChI is InChI=1S/C16H14N2O2/c1-19-14-9-7-12(8-10-14)11-15-17-16(20-18-15)13-5-3-2-4-6-13/h2-10H,11H2,1H3. The van der Waals surface area contributed by atoms with Crippen molar-refractivity contribution in [2.24, 2.45) is 0 Å². The fraction of sp³-hybridized carbons (Fsp3) is 0.125. The van der Waals surface area contributed by atoms with E-state index in [0.29, 0.717) is 18.1 Å². The van der Waals surface area contributed by atoms with E-state index in [1.165, 1.54) is 0 Å². The Kier molecular flexibility index (Phi) is 3.46. The minimum absolute atomic E-state index is 0.550. The first kappa shape index (κ1) is 12.4. The summed E-state index contributed by atoms with van der Waals surface area (Å²) in [6.45, 7) is 0. The van der Waals surface area contributed by atoms with E-state index < -0.39 is 0 Å². The molecule has 0 spiro atoms. The number of hydrogen-bond acceptors (Lipinski definition) is 4. The van der Waals surface area contributed by atoms with Gasteiger partial charge in [0.1, 0.15) is 5.75 Å². The maximum atomic E-state index is 5.28. The average molecular weight is 266 g/mol. The van der Waals surface area contributed by atoms with Crippen LogP contribution in [0.1, 0.15) is 11.4 Å². The lowest BCUT2D eigenvalue weighted by atomic mass is 10.1. The molecule has 20 heavy (non-hydrogen) atoms. The summed E-state index contributed by atoms with van der Waals surface area (Å²) in [6, 6.07) is 17.6. The summed E-state index contributed by atoms with van der Waals surface area (Å²) in [5, 5.41) is 4.01. The van der Waals surface area contributed by atoms with Crippen LogP contribution in [0.5, 0.6) is 5.75 Å². The predicted octanol–water partition coefficient (Wildman–Crippen LogP) is 3.34. The highest BCUT2D eigenvalue weighted by Crippen LogP contribution is 2.18. The maximum absolute atomic E-state index is 5.28. The molecule has 0 atom stereocenters. The van der Waals surface area contributed by atoms with Crippen molar-refractivity contribution in [3.05, 3.63) is 66.0 Å². The smallest absolute Gasteiger partial charge is 0.257 e. The fourth-order valence-electron chi connectivity index (χ4n) is 1.95. The Balaban J connectivity index is 1.77. The second kappa shape index (κ2) is 5.57. The highest BCUT2D eigenvalue weighted by Gasteiger charge is 2.08. The summed E-state index contributed by atoms with van der Waals surface area (Å²) in [6.07, 6.45) is 0.639. The zero-order valence-corrected chi connectivity index (χ0v) is 11.1. The predicted molar refractivity (Wildman–Crippen MR) is 75.5 cm³/mol. The Hall–Kier alpha value is -2.62. The lowest BCUT2D eigenvalue weighted by Gasteiger charge is -2.00. The van der Waals surface area contributed by atoms with E-state index >= 15 is 0 Å². The molecule has 0 aliphatic heterocycles. The molecule has 0 radical (unpaired) electrons. The van der Waals surface area contributed by atoms with Crippen molar-refractivity contribution < 1.29 is 9.26 Å². The topological polar surface area (TPSA) is 48.2 Å². The molecule has 100 valence electrons. The van der Waals surface area contributed by atoms with Crippen LogP contribution in [-0.4, -0.2) is 17.3 Å². The molecule has 0 aliphatic carbocycles. The number of methoxy groups -OCH3 is 1. The van der Waals surface area contributed by atoms with E-state index in [0.717, 1.165) is 16.9 Å². The molecule has 1 heterocycles. The van der Waals surface area contributed by atoms with Crippen molar-refractivity contribution in [3.63, 3.8) is 0 Å². The van der Waals surface area contributed by atoms with Gasteiger partial charge in [0.25, 0.3) is 5.89 Å². The molecule has 0 amide bonds. The first-order chi connectivity index (χ1) is 9.85. The van der Waals surface area contributed by atoms with E-state index in [1.54, 1.807) is 7.11 Å². The van der Waals surface area contributed by atoms with Crippen LogP contribution in [0.15, 0.2) is 59.1 Å². The molecular weight excluding hydrogens is 252 g/mol. The summed E-state index contributed by atoms with van der Waals surface area (Å²) < 4.78 is 10.4. The van der Waals surface area contributed by atoms with Crippen LogP contribution in [0.25, 0.3) is 11.5 Å². The molecule has 0 fully saturated rings. The number of benzene rings is 2. The van der Waals surface area contributed by atoms with Crippen molar-refractivity contribution in [2.75, 3.05) is 7.11 Å². The van der Waals surface area contributed by atoms with Gasteiger partial charge < -0.3 is 9.26 Å². The lowest BCUT2D eigenvalue weighted by molar-refractivity contribution is 0.414. The quantitative estimate of drug-likeness (QED) is 0.726. The van der Waals surface area contributed by atoms with Crippen LogP contribution in [0.3, 0.4) is 0 Å². The maximum Gasteiger partial charge on any atom is 0.257 e. The minimum atomic E-state index is 0.550. The Morgan fingerprint density at radius 2 is 1.75 bits per heavy atom. The summed E-state index contributed by atoms with van der Waals surface area (Å²) in [4.78, 5) is 4.41. The zero-order chi connectivity index (χ0) is 13.8. The van der Waals surface area contributed by atoms with Gasteiger partial charge in [-0.2, -0.15) is 4.98 Å².